The van der Waals surface area contributed by atoms with Gasteiger partial charge in [0.1, 0.15) is 5.82 Å². The lowest BCUT2D eigenvalue weighted by Crippen LogP contribution is -2.29. The van der Waals surface area contributed by atoms with Crippen LogP contribution in [0.25, 0.3) is 0 Å². The Hall–Kier alpha value is -3.81. The van der Waals surface area contributed by atoms with Crippen LogP contribution in [0.3, 0.4) is 0 Å². The van der Waals surface area contributed by atoms with Gasteiger partial charge in [0, 0.05) is 24.6 Å². The monoisotopic (exact) mass is 422 g/mol. The number of anilines is 1. The van der Waals surface area contributed by atoms with Gasteiger partial charge in [-0.05, 0) is 11.6 Å². The molecule has 1 aromatic heterocycles. The number of para-hydroxylation sites is 1. The van der Waals surface area contributed by atoms with Crippen LogP contribution in [0.5, 0.6) is 11.5 Å². The zero-order chi connectivity index (χ0) is 22.1. The summed E-state index contributed by atoms with van der Waals surface area (Å²) in [6, 6.07) is 16.8. The van der Waals surface area contributed by atoms with Gasteiger partial charge in [-0.25, -0.2) is 4.68 Å². The lowest BCUT2D eigenvalue weighted by atomic mass is 10.1. The van der Waals surface area contributed by atoms with E-state index in [0.717, 1.165) is 11.1 Å². The van der Waals surface area contributed by atoms with E-state index < -0.39 is 0 Å². The molecule has 0 aliphatic heterocycles. The van der Waals surface area contributed by atoms with Crippen LogP contribution < -0.4 is 20.1 Å². The van der Waals surface area contributed by atoms with Gasteiger partial charge in [-0.3, -0.25) is 9.59 Å². The lowest BCUT2D eigenvalue weighted by molar-refractivity contribution is -0.120. The van der Waals surface area contributed by atoms with Crippen LogP contribution in [0, 0.1) is 0 Å². The summed E-state index contributed by atoms with van der Waals surface area (Å²) in [5.74, 6) is 1.49. The molecule has 3 rings (SSSR count). The average Bonchev–Trinajstić information content (AvgIpc) is 3.20. The highest BCUT2D eigenvalue weighted by Crippen LogP contribution is 2.31. The summed E-state index contributed by atoms with van der Waals surface area (Å²) in [5, 5.41) is 9.90. The number of nitrogens with one attached hydrogen (secondary N) is 2. The first-order valence-corrected chi connectivity index (χ1v) is 9.93. The Labute approximate surface area is 181 Å². The van der Waals surface area contributed by atoms with Gasteiger partial charge >= 0.3 is 0 Å². The van der Waals surface area contributed by atoms with Crippen LogP contribution in [0.15, 0.2) is 60.8 Å². The number of hydrogen-bond donors (Lipinski definition) is 2. The van der Waals surface area contributed by atoms with Gasteiger partial charge in [0.15, 0.2) is 11.5 Å². The van der Waals surface area contributed by atoms with E-state index in [2.05, 4.69) is 15.7 Å². The quantitative estimate of drug-likeness (QED) is 0.524. The van der Waals surface area contributed by atoms with E-state index in [-0.39, 0.29) is 31.2 Å². The van der Waals surface area contributed by atoms with Crippen LogP contribution in [-0.2, 0) is 22.6 Å². The molecule has 31 heavy (non-hydrogen) atoms. The molecule has 3 aromatic rings. The predicted octanol–water partition coefficient (Wildman–Crippen LogP) is 2.64. The number of carbonyl (C=O) groups is 2. The zero-order valence-corrected chi connectivity index (χ0v) is 17.6. The van der Waals surface area contributed by atoms with Gasteiger partial charge in [0.2, 0.25) is 11.8 Å². The number of rotatable bonds is 10. The van der Waals surface area contributed by atoms with E-state index in [0.29, 0.717) is 23.9 Å². The molecule has 0 aliphatic rings. The average molecular weight is 422 g/mol. The molecule has 0 spiro atoms. The van der Waals surface area contributed by atoms with Crippen molar-refractivity contribution in [2.75, 3.05) is 26.1 Å². The molecule has 1 heterocycles. The second kappa shape index (κ2) is 10.8. The second-order valence-corrected chi connectivity index (χ2v) is 6.84. The Kier molecular flexibility index (Phi) is 7.64. The van der Waals surface area contributed by atoms with Gasteiger partial charge in [0.05, 0.1) is 33.4 Å². The maximum atomic E-state index is 12.3. The molecule has 0 saturated carbocycles. The van der Waals surface area contributed by atoms with E-state index >= 15 is 0 Å². The standard InChI is InChI=1S/C23H26N4O4/c1-30-19-10-6-9-18(23(19)31-2)16-27-20(11-14-25-27)26-21(28)12-13-24-22(29)15-17-7-4-3-5-8-17/h3-11,14H,12-13,15-16H2,1-2H3,(H,24,29)(H,26,28). The number of hydrogen-bond acceptors (Lipinski definition) is 5. The third-order valence-electron chi connectivity index (χ3n) is 4.67. The Morgan fingerprint density at radius 3 is 2.52 bits per heavy atom. The van der Waals surface area contributed by atoms with Gasteiger partial charge in [-0.1, -0.05) is 42.5 Å². The molecular weight excluding hydrogens is 396 g/mol. The van der Waals surface area contributed by atoms with Gasteiger partial charge in [-0.15, -0.1) is 0 Å². The number of nitrogens with zero attached hydrogens (tertiary/aromatic N) is 2. The highest BCUT2D eigenvalue weighted by Gasteiger charge is 2.13. The summed E-state index contributed by atoms with van der Waals surface area (Å²) in [5.41, 5.74) is 1.80. The Morgan fingerprint density at radius 1 is 0.968 bits per heavy atom. The fourth-order valence-electron chi connectivity index (χ4n) is 3.17. The van der Waals surface area contributed by atoms with Gasteiger partial charge < -0.3 is 20.1 Å². The van der Waals surface area contributed by atoms with Crippen molar-refractivity contribution in [3.05, 3.63) is 71.9 Å². The summed E-state index contributed by atoms with van der Waals surface area (Å²) in [6.07, 6.45) is 2.07. The topological polar surface area (TPSA) is 94.5 Å². The van der Waals surface area contributed by atoms with Crippen LogP contribution in [0.4, 0.5) is 5.82 Å². The number of carbonyl (C=O) groups excluding carboxylic acids is 2. The minimum atomic E-state index is -0.209. The van der Waals surface area contributed by atoms with Gasteiger partial charge in [0.25, 0.3) is 0 Å². The molecule has 8 heteroatoms. The Balaban J connectivity index is 1.52. The Bertz CT molecular complexity index is 1020. The van der Waals surface area contributed by atoms with Crippen LogP contribution >= 0.6 is 0 Å². The third kappa shape index (κ3) is 6.08. The zero-order valence-electron chi connectivity index (χ0n) is 17.6. The Morgan fingerprint density at radius 2 is 1.77 bits per heavy atom. The molecule has 0 bridgehead atoms. The molecule has 0 atom stereocenters. The number of ether oxygens (including phenoxy) is 2. The van der Waals surface area contributed by atoms with Gasteiger partial charge in [-0.2, -0.15) is 5.10 Å². The van der Waals surface area contributed by atoms with Crippen molar-refractivity contribution in [1.82, 2.24) is 15.1 Å². The smallest absolute Gasteiger partial charge is 0.227 e. The van der Waals surface area contributed by atoms with E-state index in [1.807, 2.05) is 48.5 Å². The summed E-state index contributed by atoms with van der Waals surface area (Å²) in [6.45, 7) is 0.659. The van der Waals surface area contributed by atoms with E-state index in [4.69, 9.17) is 9.47 Å². The molecule has 8 nitrogen and oxygen atoms in total. The summed E-state index contributed by atoms with van der Waals surface area (Å²) in [7, 11) is 3.17. The third-order valence-corrected chi connectivity index (χ3v) is 4.67. The first-order valence-electron chi connectivity index (χ1n) is 9.93. The predicted molar refractivity (Wildman–Crippen MR) is 117 cm³/mol. The normalized spacial score (nSPS) is 10.4. The first-order chi connectivity index (χ1) is 15.1. The molecule has 0 fully saturated rings. The molecule has 162 valence electrons. The molecule has 0 aliphatic carbocycles. The summed E-state index contributed by atoms with van der Waals surface area (Å²) < 4.78 is 12.5. The summed E-state index contributed by atoms with van der Waals surface area (Å²) >= 11 is 0. The molecule has 0 unspecified atom stereocenters. The molecule has 2 N–H and O–H groups in total. The minimum Gasteiger partial charge on any atom is -0.493 e. The molecule has 0 radical (unpaired) electrons. The fraction of sp³-hybridized carbons (Fsp3) is 0.261. The molecule has 2 aromatic carbocycles. The van der Waals surface area contributed by atoms with E-state index in [1.165, 1.54) is 0 Å². The number of aromatic nitrogens is 2. The van der Waals surface area contributed by atoms with Crippen molar-refractivity contribution in [3.8, 4) is 11.5 Å². The largest absolute Gasteiger partial charge is 0.493 e. The van der Waals surface area contributed by atoms with Crippen molar-refractivity contribution >= 4 is 17.6 Å². The SMILES string of the molecule is COc1cccc(Cn2nccc2NC(=O)CCNC(=O)Cc2ccccc2)c1OC. The maximum Gasteiger partial charge on any atom is 0.227 e. The van der Waals surface area contributed by atoms with Crippen molar-refractivity contribution in [2.45, 2.75) is 19.4 Å². The molecule has 0 saturated heterocycles. The highest BCUT2D eigenvalue weighted by molar-refractivity contribution is 5.90. The first kappa shape index (κ1) is 21.9. The molecular formula is C23H26N4O4. The second-order valence-electron chi connectivity index (χ2n) is 6.84. The highest BCUT2D eigenvalue weighted by atomic mass is 16.5. The number of benzene rings is 2. The van der Waals surface area contributed by atoms with Crippen molar-refractivity contribution in [2.24, 2.45) is 0 Å². The molecule has 2 amide bonds. The minimum absolute atomic E-state index is 0.117. The number of amides is 2. The van der Waals surface area contributed by atoms with E-state index in [9.17, 15) is 9.59 Å². The van der Waals surface area contributed by atoms with E-state index in [1.54, 1.807) is 31.2 Å². The van der Waals surface area contributed by atoms with Crippen LogP contribution in [0.1, 0.15) is 17.5 Å². The fourth-order valence-corrected chi connectivity index (χ4v) is 3.17. The summed E-state index contributed by atoms with van der Waals surface area (Å²) in [4.78, 5) is 24.3. The van der Waals surface area contributed by atoms with Crippen molar-refractivity contribution in [3.63, 3.8) is 0 Å². The lowest BCUT2D eigenvalue weighted by Gasteiger charge is -2.14. The van der Waals surface area contributed by atoms with Crippen LogP contribution in [0.2, 0.25) is 0 Å². The van der Waals surface area contributed by atoms with Crippen molar-refractivity contribution < 1.29 is 19.1 Å². The van der Waals surface area contributed by atoms with Crippen molar-refractivity contribution in [1.29, 1.82) is 0 Å². The number of methoxy groups -OCH3 is 2. The van der Waals surface area contributed by atoms with Crippen LogP contribution in [-0.4, -0.2) is 42.4 Å². The maximum absolute atomic E-state index is 12.3.